The molecule has 6 heteroatoms. The third kappa shape index (κ3) is 2.90. The van der Waals surface area contributed by atoms with E-state index in [0.717, 1.165) is 17.6 Å². The van der Waals surface area contributed by atoms with Gasteiger partial charge >= 0.3 is 5.97 Å². The first-order valence-corrected chi connectivity index (χ1v) is 7.23. The molecule has 1 heterocycles. The average molecular weight is 329 g/mol. The van der Waals surface area contributed by atoms with Gasteiger partial charge in [0.2, 0.25) is 5.78 Å². The number of ether oxygens (including phenoxy) is 1. The third-order valence-electron chi connectivity index (χ3n) is 3.66. The Hall–Kier alpha value is -3.02. The fourth-order valence-corrected chi connectivity index (χ4v) is 2.43. The molecule has 24 heavy (non-hydrogen) atoms. The van der Waals surface area contributed by atoms with Gasteiger partial charge in [-0.15, -0.1) is 0 Å². The Morgan fingerprint density at radius 2 is 1.83 bits per heavy atom. The van der Waals surface area contributed by atoms with Gasteiger partial charge in [-0.2, -0.15) is 0 Å². The molecule has 0 spiro atoms. The number of hydrogen-bond acceptors (Lipinski definition) is 3. The molecule has 1 N–H and O–H groups in total. The van der Waals surface area contributed by atoms with Crippen LogP contribution in [-0.4, -0.2) is 22.8 Å². The third-order valence-corrected chi connectivity index (χ3v) is 3.66. The maximum absolute atomic E-state index is 13.6. The minimum atomic E-state index is -1.11. The predicted octanol–water partition coefficient (Wildman–Crippen LogP) is 3.87. The van der Waals surface area contributed by atoms with Gasteiger partial charge in [0.25, 0.3) is 0 Å². The molecule has 3 rings (SSSR count). The molecule has 1 aromatic heterocycles. The van der Waals surface area contributed by atoms with Crippen LogP contribution in [0.3, 0.4) is 0 Å². The summed E-state index contributed by atoms with van der Waals surface area (Å²) >= 11 is 0. The lowest BCUT2D eigenvalue weighted by Gasteiger charge is -2.12. The van der Waals surface area contributed by atoms with Crippen LogP contribution in [-0.2, 0) is 4.74 Å². The number of aromatic nitrogens is 1. The number of carbonyl (C=O) groups is 2. The Morgan fingerprint density at radius 1 is 1.08 bits per heavy atom. The first kappa shape index (κ1) is 15.9. The summed E-state index contributed by atoms with van der Waals surface area (Å²) in [6.45, 7) is 1.41. The normalized spacial score (nSPS) is 12.1. The minimum Gasteiger partial charge on any atom is -0.451 e. The Labute approximate surface area is 136 Å². The van der Waals surface area contributed by atoms with Crippen LogP contribution in [0.5, 0.6) is 0 Å². The molecule has 4 nitrogen and oxygen atoms in total. The number of ketones is 1. The number of halogens is 2. The number of H-pyrrole nitrogens is 1. The molecule has 0 saturated heterocycles. The van der Waals surface area contributed by atoms with Gasteiger partial charge in [-0.3, -0.25) is 4.79 Å². The zero-order valence-corrected chi connectivity index (χ0v) is 12.7. The number of hydrogen-bond donors (Lipinski definition) is 1. The monoisotopic (exact) mass is 329 g/mol. The van der Waals surface area contributed by atoms with E-state index >= 15 is 0 Å². The summed E-state index contributed by atoms with van der Waals surface area (Å²) in [5.74, 6) is -3.27. The second kappa shape index (κ2) is 6.23. The van der Waals surface area contributed by atoms with E-state index in [9.17, 15) is 18.4 Å². The second-order valence-corrected chi connectivity index (χ2v) is 5.28. The van der Waals surface area contributed by atoms with Gasteiger partial charge in [0.05, 0.1) is 5.56 Å². The van der Waals surface area contributed by atoms with Crippen molar-refractivity contribution in [2.24, 2.45) is 0 Å². The van der Waals surface area contributed by atoms with Gasteiger partial charge in [0.1, 0.15) is 11.6 Å². The van der Waals surface area contributed by atoms with Gasteiger partial charge in [-0.1, -0.05) is 18.2 Å². The van der Waals surface area contributed by atoms with E-state index in [0.29, 0.717) is 17.0 Å². The molecule has 2 aromatic carbocycles. The number of carbonyl (C=O) groups excluding carboxylic acids is 2. The van der Waals surface area contributed by atoms with Crippen molar-refractivity contribution in [3.8, 4) is 0 Å². The van der Waals surface area contributed by atoms with E-state index in [4.69, 9.17) is 4.74 Å². The summed E-state index contributed by atoms with van der Waals surface area (Å²) in [6, 6.07) is 9.72. The maximum Gasteiger partial charge on any atom is 0.341 e. The van der Waals surface area contributed by atoms with Crippen LogP contribution >= 0.6 is 0 Å². The van der Waals surface area contributed by atoms with Crippen molar-refractivity contribution in [2.75, 3.05) is 0 Å². The molecule has 0 unspecified atom stereocenters. The topological polar surface area (TPSA) is 59.2 Å². The minimum absolute atomic E-state index is 0.380. The number of benzene rings is 2. The van der Waals surface area contributed by atoms with Crippen LogP contribution < -0.4 is 0 Å². The quantitative estimate of drug-likeness (QED) is 0.584. The second-order valence-electron chi connectivity index (χ2n) is 5.28. The first-order chi connectivity index (χ1) is 11.5. The predicted molar refractivity (Wildman–Crippen MR) is 83.9 cm³/mol. The van der Waals surface area contributed by atoms with E-state index in [-0.39, 0.29) is 0 Å². The fourth-order valence-electron chi connectivity index (χ4n) is 2.43. The van der Waals surface area contributed by atoms with E-state index in [1.54, 1.807) is 12.1 Å². The summed E-state index contributed by atoms with van der Waals surface area (Å²) in [5.41, 5.74) is 0.740. The Morgan fingerprint density at radius 3 is 2.58 bits per heavy atom. The van der Waals surface area contributed by atoms with Crippen molar-refractivity contribution in [1.82, 2.24) is 4.98 Å². The maximum atomic E-state index is 13.6. The molecular formula is C18H13F2NO3. The Balaban J connectivity index is 1.80. The molecule has 1 atom stereocenters. The lowest BCUT2D eigenvalue weighted by Crippen LogP contribution is -2.24. The summed E-state index contributed by atoms with van der Waals surface area (Å²) in [5, 5.41) is 0.707. The zero-order chi connectivity index (χ0) is 17.3. The van der Waals surface area contributed by atoms with Crippen molar-refractivity contribution in [2.45, 2.75) is 13.0 Å². The summed E-state index contributed by atoms with van der Waals surface area (Å²) in [6.07, 6.45) is 0.427. The highest BCUT2D eigenvalue weighted by Crippen LogP contribution is 2.20. The van der Waals surface area contributed by atoms with Crippen LogP contribution in [0.25, 0.3) is 10.9 Å². The standard InChI is InChI=1S/C18H13F2NO3/c1-10(24-18(23)13-7-6-11(19)8-15(13)20)17(22)14-9-21-16-5-3-2-4-12(14)16/h2-10,21H,1H3/t10-/m0/s1. The SMILES string of the molecule is C[C@H](OC(=O)c1ccc(F)cc1F)C(=O)c1c[nH]c2ccccc12. The fraction of sp³-hybridized carbons (Fsp3) is 0.111. The number of para-hydroxylation sites is 1. The molecule has 0 fully saturated rings. The number of fused-ring (bicyclic) bond motifs is 1. The number of nitrogens with one attached hydrogen (secondary N) is 1. The van der Waals surface area contributed by atoms with E-state index < -0.39 is 35.1 Å². The molecule has 0 bridgehead atoms. The Bertz CT molecular complexity index is 933. The molecule has 0 aliphatic carbocycles. The highest BCUT2D eigenvalue weighted by atomic mass is 19.1. The van der Waals surface area contributed by atoms with Gasteiger partial charge in [0, 0.05) is 28.7 Å². The van der Waals surface area contributed by atoms with Crippen LogP contribution in [0.4, 0.5) is 8.78 Å². The van der Waals surface area contributed by atoms with Crippen LogP contribution in [0.1, 0.15) is 27.6 Å². The molecule has 0 aliphatic rings. The van der Waals surface area contributed by atoms with Crippen LogP contribution in [0.2, 0.25) is 0 Å². The first-order valence-electron chi connectivity index (χ1n) is 7.23. The zero-order valence-electron chi connectivity index (χ0n) is 12.7. The van der Waals surface area contributed by atoms with Crippen molar-refractivity contribution in [3.63, 3.8) is 0 Å². The van der Waals surface area contributed by atoms with Gasteiger partial charge in [0.15, 0.2) is 6.10 Å². The lowest BCUT2D eigenvalue weighted by atomic mass is 10.1. The molecule has 3 aromatic rings. The van der Waals surface area contributed by atoms with Crippen LogP contribution in [0, 0.1) is 11.6 Å². The molecule has 0 aliphatic heterocycles. The smallest absolute Gasteiger partial charge is 0.341 e. The summed E-state index contributed by atoms with van der Waals surface area (Å²) in [7, 11) is 0. The highest BCUT2D eigenvalue weighted by molar-refractivity contribution is 6.10. The molecular weight excluding hydrogens is 316 g/mol. The number of Topliss-reactive ketones (excluding diaryl/α,β-unsaturated/α-hetero) is 1. The van der Waals surface area contributed by atoms with Gasteiger partial charge < -0.3 is 9.72 Å². The average Bonchev–Trinajstić information content (AvgIpc) is 2.97. The Kier molecular flexibility index (Phi) is 4.12. The summed E-state index contributed by atoms with van der Waals surface area (Å²) in [4.78, 5) is 27.4. The van der Waals surface area contributed by atoms with Crippen LogP contribution in [0.15, 0.2) is 48.7 Å². The molecule has 0 radical (unpaired) electrons. The molecule has 0 amide bonds. The van der Waals surface area contributed by atoms with E-state index in [2.05, 4.69) is 4.98 Å². The van der Waals surface area contributed by atoms with Crippen molar-refractivity contribution >= 4 is 22.7 Å². The highest BCUT2D eigenvalue weighted by Gasteiger charge is 2.24. The van der Waals surface area contributed by atoms with Gasteiger partial charge in [-0.25, -0.2) is 13.6 Å². The van der Waals surface area contributed by atoms with Crippen molar-refractivity contribution in [1.29, 1.82) is 0 Å². The number of rotatable bonds is 4. The van der Waals surface area contributed by atoms with Gasteiger partial charge in [-0.05, 0) is 25.1 Å². The number of aromatic amines is 1. The molecule has 122 valence electrons. The van der Waals surface area contributed by atoms with Crippen molar-refractivity contribution in [3.05, 3.63) is 71.4 Å². The largest absolute Gasteiger partial charge is 0.451 e. The summed E-state index contributed by atoms with van der Waals surface area (Å²) < 4.78 is 31.5. The lowest BCUT2D eigenvalue weighted by molar-refractivity contribution is 0.0315. The molecule has 0 saturated carbocycles. The van der Waals surface area contributed by atoms with E-state index in [1.165, 1.54) is 13.1 Å². The van der Waals surface area contributed by atoms with Crippen molar-refractivity contribution < 1.29 is 23.1 Å². The van der Waals surface area contributed by atoms with E-state index in [1.807, 2.05) is 12.1 Å². The number of esters is 1.